The minimum atomic E-state index is -0.906. The number of methoxy groups -OCH3 is 1. The molecule has 0 aliphatic rings. The Balaban J connectivity index is 3.42. The average molecular weight is 223 g/mol. The van der Waals surface area contributed by atoms with Crippen molar-refractivity contribution in [3.63, 3.8) is 0 Å². The van der Waals surface area contributed by atoms with Gasteiger partial charge in [0, 0.05) is 11.6 Å². The van der Waals surface area contributed by atoms with Crippen LogP contribution in [0.5, 0.6) is 5.75 Å². The molecular weight excluding hydrogens is 210 g/mol. The molecule has 0 aromatic heterocycles. The van der Waals surface area contributed by atoms with Crippen LogP contribution in [0.1, 0.15) is 19.4 Å². The summed E-state index contributed by atoms with van der Waals surface area (Å²) in [5.41, 5.74) is -0.624. The van der Waals surface area contributed by atoms with Crippen molar-refractivity contribution in [2.75, 3.05) is 7.11 Å². The van der Waals surface area contributed by atoms with Crippen LogP contribution in [-0.2, 0) is 10.2 Å². The van der Waals surface area contributed by atoms with Gasteiger partial charge >= 0.3 is 0 Å². The number of benzene rings is 1. The Labute approximate surface area is 93.2 Å². The molecule has 86 valence electrons. The number of nitro benzene ring substituents is 1. The summed E-state index contributed by atoms with van der Waals surface area (Å²) in [5, 5.41) is 10.8. The van der Waals surface area contributed by atoms with E-state index in [1.165, 1.54) is 25.3 Å². The first-order valence-electron chi connectivity index (χ1n) is 4.71. The van der Waals surface area contributed by atoms with Gasteiger partial charge in [0.2, 0.25) is 0 Å². The molecule has 0 unspecified atom stereocenters. The summed E-state index contributed by atoms with van der Waals surface area (Å²) < 4.78 is 4.99. The van der Waals surface area contributed by atoms with E-state index in [0.717, 1.165) is 0 Å². The van der Waals surface area contributed by atoms with Crippen LogP contribution in [0, 0.1) is 10.1 Å². The molecule has 0 N–H and O–H groups in total. The Hall–Kier alpha value is -1.91. The molecule has 0 fully saturated rings. The van der Waals surface area contributed by atoms with Gasteiger partial charge < -0.3 is 9.53 Å². The Kier molecular flexibility index (Phi) is 3.27. The lowest BCUT2D eigenvalue weighted by molar-refractivity contribution is -0.385. The van der Waals surface area contributed by atoms with E-state index in [4.69, 9.17) is 4.74 Å². The van der Waals surface area contributed by atoms with E-state index in [1.54, 1.807) is 13.8 Å². The van der Waals surface area contributed by atoms with E-state index in [9.17, 15) is 14.9 Å². The van der Waals surface area contributed by atoms with E-state index in [2.05, 4.69) is 0 Å². The summed E-state index contributed by atoms with van der Waals surface area (Å²) in [6.45, 7) is 3.25. The molecule has 1 aromatic carbocycles. The lowest BCUT2D eigenvalue weighted by atomic mass is 9.85. The maximum Gasteiger partial charge on any atom is 0.273 e. The second-order valence-corrected chi connectivity index (χ2v) is 3.98. The Morgan fingerprint density at radius 2 is 2.06 bits per heavy atom. The molecular formula is C11H13NO4. The largest absolute Gasteiger partial charge is 0.497 e. The van der Waals surface area contributed by atoms with Crippen molar-refractivity contribution < 1.29 is 14.5 Å². The van der Waals surface area contributed by atoms with Crippen molar-refractivity contribution in [2.45, 2.75) is 19.3 Å². The lowest BCUT2D eigenvalue weighted by Gasteiger charge is -2.17. The van der Waals surface area contributed by atoms with E-state index in [0.29, 0.717) is 17.6 Å². The number of ether oxygens (including phenoxy) is 1. The Bertz CT molecular complexity index is 426. The number of rotatable bonds is 4. The molecule has 0 atom stereocenters. The number of hydrogen-bond acceptors (Lipinski definition) is 4. The first kappa shape index (κ1) is 12.2. The fourth-order valence-corrected chi connectivity index (χ4v) is 1.38. The van der Waals surface area contributed by atoms with Gasteiger partial charge in [0.05, 0.1) is 17.4 Å². The summed E-state index contributed by atoms with van der Waals surface area (Å²) >= 11 is 0. The Morgan fingerprint density at radius 3 is 2.50 bits per heavy atom. The van der Waals surface area contributed by atoms with Gasteiger partial charge in [-0.05, 0) is 26.0 Å². The summed E-state index contributed by atoms with van der Waals surface area (Å²) in [6, 6.07) is 4.37. The third-order valence-corrected chi connectivity index (χ3v) is 2.39. The number of nitrogens with zero attached hydrogens (tertiary/aromatic N) is 1. The maximum atomic E-state index is 10.9. The molecule has 0 aliphatic carbocycles. The summed E-state index contributed by atoms with van der Waals surface area (Å²) in [7, 11) is 1.47. The molecule has 0 heterocycles. The predicted molar refractivity (Wildman–Crippen MR) is 58.7 cm³/mol. The van der Waals surface area contributed by atoms with Crippen LogP contribution in [0.4, 0.5) is 5.69 Å². The zero-order valence-corrected chi connectivity index (χ0v) is 9.39. The molecule has 0 bridgehead atoms. The van der Waals surface area contributed by atoms with Crippen molar-refractivity contribution in [2.24, 2.45) is 0 Å². The van der Waals surface area contributed by atoms with Gasteiger partial charge in [-0.2, -0.15) is 0 Å². The highest BCUT2D eigenvalue weighted by molar-refractivity contribution is 5.71. The van der Waals surface area contributed by atoms with Gasteiger partial charge in [-0.15, -0.1) is 0 Å². The van der Waals surface area contributed by atoms with Gasteiger partial charge in [-0.3, -0.25) is 10.1 Å². The molecule has 5 nitrogen and oxygen atoms in total. The molecule has 0 amide bonds. The smallest absolute Gasteiger partial charge is 0.273 e. The SMILES string of the molecule is COc1ccc([N+](=O)[O-])c(C(C)(C)C=O)c1. The van der Waals surface area contributed by atoms with Gasteiger partial charge in [-0.25, -0.2) is 0 Å². The second kappa shape index (κ2) is 4.30. The van der Waals surface area contributed by atoms with E-state index in [1.807, 2.05) is 0 Å². The zero-order chi connectivity index (χ0) is 12.3. The quantitative estimate of drug-likeness (QED) is 0.445. The average Bonchev–Trinajstić information content (AvgIpc) is 2.28. The third-order valence-electron chi connectivity index (χ3n) is 2.39. The first-order chi connectivity index (χ1) is 7.42. The van der Waals surface area contributed by atoms with Crippen molar-refractivity contribution in [3.05, 3.63) is 33.9 Å². The highest BCUT2D eigenvalue weighted by atomic mass is 16.6. The Morgan fingerprint density at radius 1 is 1.44 bits per heavy atom. The molecule has 0 saturated heterocycles. The minimum Gasteiger partial charge on any atom is -0.497 e. The van der Waals surface area contributed by atoms with Gasteiger partial charge in [0.1, 0.15) is 12.0 Å². The minimum absolute atomic E-state index is 0.0714. The van der Waals surface area contributed by atoms with Gasteiger partial charge in [-0.1, -0.05) is 0 Å². The number of hydrogen-bond donors (Lipinski definition) is 0. The monoisotopic (exact) mass is 223 g/mol. The van der Waals surface area contributed by atoms with E-state index >= 15 is 0 Å². The van der Waals surface area contributed by atoms with Crippen LogP contribution in [0.3, 0.4) is 0 Å². The van der Waals surface area contributed by atoms with Crippen molar-refractivity contribution >= 4 is 12.0 Å². The number of aldehydes is 1. The number of nitro groups is 1. The first-order valence-corrected chi connectivity index (χ1v) is 4.71. The molecule has 0 saturated carbocycles. The standard InChI is InChI=1S/C11H13NO4/c1-11(2,7-13)9-6-8(16-3)4-5-10(9)12(14)15/h4-7H,1-3H3. The summed E-state index contributed by atoms with van der Waals surface area (Å²) in [5.74, 6) is 0.496. The van der Waals surface area contributed by atoms with Gasteiger partial charge in [0.25, 0.3) is 5.69 Å². The highest BCUT2D eigenvalue weighted by Crippen LogP contribution is 2.32. The van der Waals surface area contributed by atoms with Crippen molar-refractivity contribution in [3.8, 4) is 5.75 Å². The summed E-state index contributed by atoms with van der Waals surface area (Å²) in [6.07, 6.45) is 0.689. The molecule has 5 heteroatoms. The van der Waals surface area contributed by atoms with E-state index < -0.39 is 10.3 Å². The lowest BCUT2D eigenvalue weighted by Crippen LogP contribution is -2.20. The van der Waals surface area contributed by atoms with Crippen molar-refractivity contribution in [1.82, 2.24) is 0 Å². The second-order valence-electron chi connectivity index (χ2n) is 3.98. The molecule has 1 aromatic rings. The summed E-state index contributed by atoms with van der Waals surface area (Å²) in [4.78, 5) is 21.3. The number of carbonyl (C=O) groups is 1. The van der Waals surface area contributed by atoms with Crippen LogP contribution in [0.2, 0.25) is 0 Å². The highest BCUT2D eigenvalue weighted by Gasteiger charge is 2.29. The van der Waals surface area contributed by atoms with Crippen LogP contribution in [-0.4, -0.2) is 18.3 Å². The van der Waals surface area contributed by atoms with Crippen LogP contribution >= 0.6 is 0 Å². The molecule has 0 spiro atoms. The van der Waals surface area contributed by atoms with Gasteiger partial charge in [0.15, 0.2) is 0 Å². The molecule has 0 aliphatic heterocycles. The molecule has 16 heavy (non-hydrogen) atoms. The van der Waals surface area contributed by atoms with Crippen LogP contribution in [0.25, 0.3) is 0 Å². The number of carbonyl (C=O) groups excluding carboxylic acids is 1. The fourth-order valence-electron chi connectivity index (χ4n) is 1.38. The molecule has 0 radical (unpaired) electrons. The predicted octanol–water partition coefficient (Wildman–Crippen LogP) is 2.08. The topological polar surface area (TPSA) is 69.4 Å². The van der Waals surface area contributed by atoms with Crippen LogP contribution < -0.4 is 4.74 Å². The maximum absolute atomic E-state index is 10.9. The third kappa shape index (κ3) is 2.18. The fraction of sp³-hybridized carbons (Fsp3) is 0.364. The normalized spacial score (nSPS) is 10.9. The van der Waals surface area contributed by atoms with E-state index in [-0.39, 0.29) is 5.69 Å². The van der Waals surface area contributed by atoms with Crippen LogP contribution in [0.15, 0.2) is 18.2 Å². The molecule has 1 rings (SSSR count). The van der Waals surface area contributed by atoms with Crippen molar-refractivity contribution in [1.29, 1.82) is 0 Å². The zero-order valence-electron chi connectivity index (χ0n) is 9.39.